The number of hydrazone groups is 1. The number of benzene rings is 2. The smallest absolute Gasteiger partial charge is 0.262 e. The quantitative estimate of drug-likeness (QED) is 0.518. The van der Waals surface area contributed by atoms with Crippen molar-refractivity contribution in [3.63, 3.8) is 0 Å². The van der Waals surface area contributed by atoms with E-state index in [0.29, 0.717) is 27.1 Å². The minimum absolute atomic E-state index is 0.358. The third kappa shape index (κ3) is 5.55. The molecule has 7 nitrogen and oxygen atoms in total. The van der Waals surface area contributed by atoms with Crippen LogP contribution in [0.2, 0.25) is 0 Å². The Kier molecular flexibility index (Phi) is 7.36. The van der Waals surface area contributed by atoms with Gasteiger partial charge in [-0.25, -0.2) is 5.43 Å². The molecule has 2 aromatic carbocycles. The van der Waals surface area contributed by atoms with E-state index in [-0.39, 0.29) is 5.91 Å². The van der Waals surface area contributed by atoms with Gasteiger partial charge in [0, 0.05) is 10.0 Å². The minimum Gasteiger partial charge on any atom is -0.497 e. The van der Waals surface area contributed by atoms with Crippen LogP contribution >= 0.6 is 15.9 Å². The van der Waals surface area contributed by atoms with E-state index in [2.05, 4.69) is 31.8 Å². The van der Waals surface area contributed by atoms with E-state index in [1.54, 1.807) is 56.5 Å². The summed E-state index contributed by atoms with van der Waals surface area (Å²) >= 11 is 3.31. The molecule has 2 amide bonds. The molecule has 0 aliphatic carbocycles. The lowest BCUT2D eigenvalue weighted by Gasteiger charge is -2.13. The van der Waals surface area contributed by atoms with Gasteiger partial charge in [0.2, 0.25) is 0 Å². The molecule has 2 rings (SSSR count). The fraction of sp³-hybridized carbons (Fsp3) is 0.211. The Bertz CT molecular complexity index is 855. The van der Waals surface area contributed by atoms with Crippen LogP contribution in [-0.4, -0.2) is 38.3 Å². The summed E-state index contributed by atoms with van der Waals surface area (Å²) in [6, 6.07) is 11.4. The molecule has 0 fully saturated rings. The molecule has 0 aromatic heterocycles. The number of carbonyl (C=O) groups excluding carboxylic acids is 2. The van der Waals surface area contributed by atoms with E-state index < -0.39 is 11.9 Å². The Labute approximate surface area is 165 Å². The van der Waals surface area contributed by atoms with Crippen LogP contribution in [0.1, 0.15) is 22.8 Å². The zero-order valence-electron chi connectivity index (χ0n) is 15.2. The van der Waals surface area contributed by atoms with Gasteiger partial charge in [-0.1, -0.05) is 12.1 Å². The first-order valence-corrected chi connectivity index (χ1v) is 8.86. The number of carbonyl (C=O) groups is 2. The van der Waals surface area contributed by atoms with E-state index in [0.717, 1.165) is 0 Å². The van der Waals surface area contributed by atoms with E-state index in [1.165, 1.54) is 13.3 Å². The summed E-state index contributed by atoms with van der Waals surface area (Å²) in [4.78, 5) is 24.4. The molecule has 0 saturated heterocycles. The summed E-state index contributed by atoms with van der Waals surface area (Å²) in [5, 5.41) is 6.55. The molecule has 0 aliphatic rings. The lowest BCUT2D eigenvalue weighted by Crippen LogP contribution is -2.43. The molecule has 8 heteroatoms. The third-order valence-electron chi connectivity index (χ3n) is 3.67. The van der Waals surface area contributed by atoms with Gasteiger partial charge >= 0.3 is 0 Å². The Morgan fingerprint density at radius 3 is 2.56 bits per heavy atom. The molecule has 0 radical (unpaired) electrons. The van der Waals surface area contributed by atoms with Crippen molar-refractivity contribution in [2.75, 3.05) is 14.2 Å². The van der Waals surface area contributed by atoms with Gasteiger partial charge in [-0.05, 0) is 53.2 Å². The van der Waals surface area contributed by atoms with Crippen molar-refractivity contribution in [3.8, 4) is 11.5 Å². The fourth-order valence-corrected chi connectivity index (χ4v) is 2.65. The maximum atomic E-state index is 12.2. The Morgan fingerprint density at radius 2 is 1.89 bits per heavy atom. The Morgan fingerprint density at radius 1 is 1.15 bits per heavy atom. The highest BCUT2D eigenvalue weighted by atomic mass is 79.9. The number of methoxy groups -OCH3 is 2. The van der Waals surface area contributed by atoms with Crippen LogP contribution in [-0.2, 0) is 4.79 Å². The lowest BCUT2D eigenvalue weighted by atomic mass is 10.2. The van der Waals surface area contributed by atoms with Gasteiger partial charge in [0.1, 0.15) is 17.5 Å². The summed E-state index contributed by atoms with van der Waals surface area (Å²) in [5.74, 6) is 0.416. The lowest BCUT2D eigenvalue weighted by molar-refractivity contribution is -0.122. The van der Waals surface area contributed by atoms with Gasteiger partial charge in [-0.3, -0.25) is 9.59 Å². The van der Waals surface area contributed by atoms with Crippen molar-refractivity contribution >= 4 is 34.0 Å². The zero-order valence-corrected chi connectivity index (χ0v) is 16.7. The highest BCUT2D eigenvalue weighted by Gasteiger charge is 2.17. The maximum Gasteiger partial charge on any atom is 0.262 e. The molecule has 142 valence electrons. The monoisotopic (exact) mass is 433 g/mol. The number of hydrogen-bond donors (Lipinski definition) is 2. The topological polar surface area (TPSA) is 89.0 Å². The van der Waals surface area contributed by atoms with Crippen LogP contribution in [0.3, 0.4) is 0 Å². The van der Waals surface area contributed by atoms with Crippen LogP contribution in [0.15, 0.2) is 52.0 Å². The molecule has 0 spiro atoms. The average Bonchev–Trinajstić information content (AvgIpc) is 2.67. The highest BCUT2D eigenvalue weighted by Crippen LogP contribution is 2.22. The summed E-state index contributed by atoms with van der Waals surface area (Å²) in [7, 11) is 3.09. The number of ether oxygens (including phenoxy) is 2. The predicted molar refractivity (Wildman–Crippen MR) is 106 cm³/mol. The van der Waals surface area contributed by atoms with Crippen LogP contribution < -0.4 is 20.2 Å². The van der Waals surface area contributed by atoms with Crippen LogP contribution in [0.25, 0.3) is 0 Å². The number of nitrogens with one attached hydrogen (secondary N) is 2. The highest BCUT2D eigenvalue weighted by molar-refractivity contribution is 9.10. The third-order valence-corrected chi connectivity index (χ3v) is 4.37. The minimum atomic E-state index is -0.769. The average molecular weight is 434 g/mol. The molecule has 0 heterocycles. The predicted octanol–water partition coefficient (Wildman–Crippen LogP) is 2.73. The van der Waals surface area contributed by atoms with Crippen molar-refractivity contribution in [1.29, 1.82) is 0 Å². The second-order valence-electron chi connectivity index (χ2n) is 5.52. The number of rotatable bonds is 7. The first-order valence-electron chi connectivity index (χ1n) is 8.06. The van der Waals surface area contributed by atoms with Crippen molar-refractivity contribution in [2.45, 2.75) is 13.0 Å². The molecular weight excluding hydrogens is 414 g/mol. The molecule has 0 bridgehead atoms. The molecule has 2 N–H and O–H groups in total. The number of nitrogens with zero attached hydrogens (tertiary/aromatic N) is 1. The summed E-state index contributed by atoms with van der Waals surface area (Å²) in [6.45, 7) is 1.58. The molecule has 2 aromatic rings. The zero-order chi connectivity index (χ0) is 19.8. The molecule has 1 atom stereocenters. The first-order chi connectivity index (χ1) is 13.0. The molecule has 0 saturated carbocycles. The van der Waals surface area contributed by atoms with Crippen molar-refractivity contribution in [3.05, 3.63) is 58.1 Å². The van der Waals surface area contributed by atoms with Crippen LogP contribution in [0.4, 0.5) is 0 Å². The maximum absolute atomic E-state index is 12.2. The van der Waals surface area contributed by atoms with Crippen molar-refractivity contribution in [2.24, 2.45) is 5.10 Å². The summed E-state index contributed by atoms with van der Waals surface area (Å²) in [5.41, 5.74) is 3.49. The Hall–Kier alpha value is -2.87. The van der Waals surface area contributed by atoms with Crippen LogP contribution in [0, 0.1) is 0 Å². The number of hydrogen-bond acceptors (Lipinski definition) is 5. The van der Waals surface area contributed by atoms with Crippen molar-refractivity contribution < 1.29 is 19.1 Å². The Balaban J connectivity index is 1.98. The van der Waals surface area contributed by atoms with Gasteiger partial charge in [-0.15, -0.1) is 0 Å². The van der Waals surface area contributed by atoms with E-state index in [9.17, 15) is 9.59 Å². The van der Waals surface area contributed by atoms with Crippen LogP contribution in [0.5, 0.6) is 11.5 Å². The summed E-state index contributed by atoms with van der Waals surface area (Å²) in [6.07, 6.45) is 1.45. The fourth-order valence-electron chi connectivity index (χ4n) is 2.19. The van der Waals surface area contributed by atoms with Gasteiger partial charge in [0.05, 0.1) is 26.0 Å². The molecular formula is C19H20BrN3O4. The standard InChI is InChI=1S/C19H20BrN3O4/c1-12(22-19(25)15-6-4-5-7-16(15)20)18(24)23-21-11-13-10-14(26-2)8-9-17(13)27-3/h4-12H,1-3H3,(H,22,25)(H,23,24). The molecule has 27 heavy (non-hydrogen) atoms. The van der Waals surface area contributed by atoms with Gasteiger partial charge in [-0.2, -0.15) is 5.10 Å². The number of amides is 2. The normalized spacial score (nSPS) is 11.7. The second kappa shape index (κ2) is 9.72. The van der Waals surface area contributed by atoms with Gasteiger partial charge in [0.25, 0.3) is 11.8 Å². The molecule has 1 unspecified atom stereocenters. The van der Waals surface area contributed by atoms with E-state index in [4.69, 9.17) is 9.47 Å². The molecule has 0 aliphatic heterocycles. The van der Waals surface area contributed by atoms with E-state index in [1.807, 2.05) is 0 Å². The van der Waals surface area contributed by atoms with E-state index >= 15 is 0 Å². The van der Waals surface area contributed by atoms with Gasteiger partial charge < -0.3 is 14.8 Å². The van der Waals surface area contributed by atoms with Gasteiger partial charge in [0.15, 0.2) is 0 Å². The first kappa shape index (κ1) is 20.4. The summed E-state index contributed by atoms with van der Waals surface area (Å²) < 4.78 is 11.1. The largest absolute Gasteiger partial charge is 0.497 e. The SMILES string of the molecule is COc1ccc(OC)c(C=NNC(=O)C(C)NC(=O)c2ccccc2Br)c1. The number of halogens is 1. The second-order valence-corrected chi connectivity index (χ2v) is 6.37. The van der Waals surface area contributed by atoms with Crippen molar-refractivity contribution in [1.82, 2.24) is 10.7 Å².